The van der Waals surface area contributed by atoms with Gasteiger partial charge in [0.2, 0.25) is 0 Å². The molecule has 24 heavy (non-hydrogen) atoms. The summed E-state index contributed by atoms with van der Waals surface area (Å²) in [7, 11) is 1.33. The highest BCUT2D eigenvalue weighted by atomic mass is 16.6. The second-order valence-electron chi connectivity index (χ2n) is 5.84. The van der Waals surface area contributed by atoms with Crippen LogP contribution in [-0.2, 0) is 4.79 Å². The molecule has 1 aromatic rings. The number of rotatable bonds is 6. The standard InChI is InChI=1S/C16H20N2O6/c1-24-14-6-5-12(9-13(14)18(22)23)16(21)17-8-2-3-11(10-17)4-7-15(19)20/h5-6,9,11H,2-4,7-8,10H2,1H3,(H,19,20). The van der Waals surface area contributed by atoms with Crippen molar-refractivity contribution in [2.24, 2.45) is 5.92 Å². The molecule has 0 aliphatic carbocycles. The molecule has 0 saturated carbocycles. The van der Waals surface area contributed by atoms with Crippen molar-refractivity contribution in [2.45, 2.75) is 25.7 Å². The third kappa shape index (κ3) is 4.21. The fraction of sp³-hybridized carbons (Fsp3) is 0.500. The van der Waals surface area contributed by atoms with E-state index in [-0.39, 0.29) is 35.2 Å². The number of ether oxygens (including phenoxy) is 1. The molecule has 8 heteroatoms. The van der Waals surface area contributed by atoms with Crippen LogP contribution in [0.1, 0.15) is 36.0 Å². The predicted molar refractivity (Wildman–Crippen MR) is 85.1 cm³/mol. The van der Waals surface area contributed by atoms with Gasteiger partial charge in [-0.15, -0.1) is 0 Å². The highest BCUT2D eigenvalue weighted by Crippen LogP contribution is 2.29. The van der Waals surface area contributed by atoms with Crippen LogP contribution in [0.3, 0.4) is 0 Å². The topological polar surface area (TPSA) is 110 Å². The van der Waals surface area contributed by atoms with Crippen molar-refractivity contribution < 1.29 is 24.4 Å². The number of carbonyl (C=O) groups excluding carboxylic acids is 1. The lowest BCUT2D eigenvalue weighted by Gasteiger charge is -2.32. The van der Waals surface area contributed by atoms with Crippen LogP contribution in [0.25, 0.3) is 0 Å². The highest BCUT2D eigenvalue weighted by molar-refractivity contribution is 5.95. The van der Waals surface area contributed by atoms with Crippen LogP contribution < -0.4 is 4.74 Å². The number of nitro benzene ring substituents is 1. The Bertz CT molecular complexity index is 645. The van der Waals surface area contributed by atoms with E-state index in [1.165, 1.54) is 25.3 Å². The number of nitro groups is 1. The van der Waals surface area contributed by atoms with E-state index in [4.69, 9.17) is 9.84 Å². The average molecular weight is 336 g/mol. The largest absolute Gasteiger partial charge is 0.490 e. The number of amides is 1. The van der Waals surface area contributed by atoms with Crippen molar-refractivity contribution in [3.05, 3.63) is 33.9 Å². The normalized spacial score (nSPS) is 17.4. The molecule has 1 aliphatic heterocycles. The van der Waals surface area contributed by atoms with Crippen molar-refractivity contribution in [1.82, 2.24) is 4.90 Å². The van der Waals surface area contributed by atoms with E-state index >= 15 is 0 Å². The summed E-state index contributed by atoms with van der Waals surface area (Å²) in [6.07, 6.45) is 2.30. The Morgan fingerprint density at radius 3 is 2.83 bits per heavy atom. The number of hydrogen-bond acceptors (Lipinski definition) is 5. The molecule has 1 heterocycles. The first kappa shape index (κ1) is 17.7. The molecule has 1 fully saturated rings. The summed E-state index contributed by atoms with van der Waals surface area (Å²) in [6, 6.07) is 4.15. The first-order valence-corrected chi connectivity index (χ1v) is 7.76. The Morgan fingerprint density at radius 1 is 1.46 bits per heavy atom. The van der Waals surface area contributed by atoms with Gasteiger partial charge in [0.25, 0.3) is 5.91 Å². The summed E-state index contributed by atoms with van der Waals surface area (Å²) in [5, 5.41) is 19.9. The zero-order valence-electron chi connectivity index (χ0n) is 13.4. The van der Waals surface area contributed by atoms with Crippen LogP contribution in [0.5, 0.6) is 5.75 Å². The maximum Gasteiger partial charge on any atom is 0.311 e. The number of benzene rings is 1. The molecule has 130 valence electrons. The summed E-state index contributed by atoms with van der Waals surface area (Å²) in [5.74, 6) is -0.869. The fourth-order valence-corrected chi connectivity index (χ4v) is 2.96. The molecule has 1 unspecified atom stereocenters. The van der Waals surface area contributed by atoms with Crippen molar-refractivity contribution in [3.8, 4) is 5.75 Å². The van der Waals surface area contributed by atoms with Gasteiger partial charge >= 0.3 is 11.7 Å². The van der Waals surface area contributed by atoms with Gasteiger partial charge in [-0.1, -0.05) is 0 Å². The van der Waals surface area contributed by atoms with Crippen LogP contribution in [0.4, 0.5) is 5.69 Å². The summed E-state index contributed by atoms with van der Waals surface area (Å²) in [4.78, 5) is 35.4. The smallest absolute Gasteiger partial charge is 0.311 e. The van der Waals surface area contributed by atoms with Gasteiger partial charge in [0.1, 0.15) is 0 Å². The van der Waals surface area contributed by atoms with Gasteiger partial charge in [-0.3, -0.25) is 19.7 Å². The highest BCUT2D eigenvalue weighted by Gasteiger charge is 2.26. The van der Waals surface area contributed by atoms with E-state index in [2.05, 4.69) is 0 Å². The Balaban J connectivity index is 2.11. The number of carboxylic acids is 1. The molecule has 0 radical (unpaired) electrons. The van der Waals surface area contributed by atoms with Gasteiger partial charge in [-0.2, -0.15) is 0 Å². The summed E-state index contributed by atoms with van der Waals surface area (Å²) in [5.41, 5.74) is -0.0100. The number of likely N-dealkylation sites (tertiary alicyclic amines) is 1. The van der Waals surface area contributed by atoms with Gasteiger partial charge < -0.3 is 14.7 Å². The molecule has 0 bridgehead atoms. The van der Waals surface area contributed by atoms with E-state index < -0.39 is 10.9 Å². The van der Waals surface area contributed by atoms with E-state index in [0.29, 0.717) is 19.5 Å². The van der Waals surface area contributed by atoms with E-state index in [1.807, 2.05) is 0 Å². The molecule has 0 aromatic heterocycles. The number of carboxylic acid groups (broad SMARTS) is 1. The first-order valence-electron chi connectivity index (χ1n) is 7.76. The molecule has 2 rings (SSSR count). The monoisotopic (exact) mass is 336 g/mol. The minimum atomic E-state index is -0.843. The molecular weight excluding hydrogens is 316 g/mol. The molecule has 1 saturated heterocycles. The number of carbonyl (C=O) groups is 2. The van der Waals surface area contributed by atoms with Gasteiger partial charge in [-0.05, 0) is 37.3 Å². The zero-order chi connectivity index (χ0) is 17.7. The third-order valence-corrected chi connectivity index (χ3v) is 4.20. The number of piperidine rings is 1. The molecule has 0 spiro atoms. The van der Waals surface area contributed by atoms with Gasteiger partial charge in [0, 0.05) is 31.1 Å². The quantitative estimate of drug-likeness (QED) is 0.630. The van der Waals surface area contributed by atoms with E-state index in [0.717, 1.165) is 12.8 Å². The van der Waals surface area contributed by atoms with Gasteiger partial charge in [0.05, 0.1) is 12.0 Å². The summed E-state index contributed by atoms with van der Waals surface area (Å²) >= 11 is 0. The van der Waals surface area contributed by atoms with Crippen molar-refractivity contribution in [1.29, 1.82) is 0 Å². The molecular formula is C16H20N2O6. The minimum absolute atomic E-state index is 0.0840. The average Bonchev–Trinajstić information content (AvgIpc) is 2.58. The van der Waals surface area contributed by atoms with Crippen molar-refractivity contribution >= 4 is 17.6 Å². The van der Waals surface area contributed by atoms with Crippen molar-refractivity contribution in [2.75, 3.05) is 20.2 Å². The lowest BCUT2D eigenvalue weighted by Crippen LogP contribution is -2.40. The summed E-state index contributed by atoms with van der Waals surface area (Å²) in [6.45, 7) is 1.05. The number of methoxy groups -OCH3 is 1. The molecule has 1 N–H and O–H groups in total. The third-order valence-electron chi connectivity index (χ3n) is 4.20. The molecule has 1 aliphatic rings. The Hall–Kier alpha value is -2.64. The predicted octanol–water partition coefficient (Wildman–Crippen LogP) is 2.32. The van der Waals surface area contributed by atoms with Crippen LogP contribution in [0.2, 0.25) is 0 Å². The van der Waals surface area contributed by atoms with Crippen LogP contribution in [0.15, 0.2) is 18.2 Å². The van der Waals surface area contributed by atoms with Crippen LogP contribution in [0, 0.1) is 16.0 Å². The fourth-order valence-electron chi connectivity index (χ4n) is 2.96. The maximum absolute atomic E-state index is 12.6. The second kappa shape index (κ2) is 7.76. The minimum Gasteiger partial charge on any atom is -0.490 e. The van der Waals surface area contributed by atoms with Crippen LogP contribution in [-0.4, -0.2) is 47.0 Å². The Kier molecular flexibility index (Phi) is 5.73. The number of nitrogens with zero attached hydrogens (tertiary/aromatic N) is 2. The SMILES string of the molecule is COc1ccc(C(=O)N2CCCC(CCC(=O)O)C2)cc1[N+](=O)[O-]. The van der Waals surface area contributed by atoms with E-state index in [9.17, 15) is 19.7 Å². The lowest BCUT2D eigenvalue weighted by molar-refractivity contribution is -0.385. The lowest BCUT2D eigenvalue weighted by atomic mass is 9.93. The van der Waals surface area contributed by atoms with Gasteiger partial charge in [0.15, 0.2) is 5.75 Å². The summed E-state index contributed by atoms with van der Waals surface area (Å²) < 4.78 is 4.94. The maximum atomic E-state index is 12.6. The molecule has 1 amide bonds. The van der Waals surface area contributed by atoms with E-state index in [1.54, 1.807) is 4.90 Å². The number of hydrogen-bond donors (Lipinski definition) is 1. The van der Waals surface area contributed by atoms with Gasteiger partial charge in [-0.25, -0.2) is 0 Å². The molecule has 1 aromatic carbocycles. The van der Waals surface area contributed by atoms with Crippen LogP contribution >= 0.6 is 0 Å². The first-order chi connectivity index (χ1) is 11.4. The zero-order valence-corrected chi connectivity index (χ0v) is 13.4. The molecule has 1 atom stereocenters. The second-order valence-corrected chi connectivity index (χ2v) is 5.84. The Morgan fingerprint density at radius 2 is 2.21 bits per heavy atom. The Labute approximate surface area is 139 Å². The van der Waals surface area contributed by atoms with Crippen molar-refractivity contribution in [3.63, 3.8) is 0 Å². The number of aliphatic carboxylic acids is 1. The molecule has 8 nitrogen and oxygen atoms in total.